The Morgan fingerprint density at radius 2 is 2.11 bits per heavy atom. The van der Waals surface area contributed by atoms with Crippen molar-refractivity contribution in [3.8, 4) is 5.75 Å². The molecule has 0 radical (unpaired) electrons. The summed E-state index contributed by atoms with van der Waals surface area (Å²) in [6.45, 7) is 5.18. The number of carbonyl (C=O) groups is 1. The van der Waals surface area contributed by atoms with E-state index < -0.39 is 0 Å². The fraction of sp³-hybridized carbons (Fsp3) is 0.550. The molecule has 1 heterocycles. The Kier molecular flexibility index (Phi) is 8.79. The number of methoxy groups -OCH3 is 1. The molecule has 0 spiro atoms. The summed E-state index contributed by atoms with van der Waals surface area (Å²) in [6, 6.07) is 7.55. The average molecular weight is 406 g/mol. The first kappa shape index (κ1) is 22.2. The predicted octanol–water partition coefficient (Wildman–Crippen LogP) is 3.83. The van der Waals surface area contributed by atoms with Crippen molar-refractivity contribution in [2.75, 3.05) is 32.3 Å². The molecule has 7 nitrogen and oxygen atoms in total. The minimum absolute atomic E-state index is 0.0792. The third-order valence-corrected chi connectivity index (χ3v) is 5.44. The molecule has 0 aliphatic carbocycles. The SMILES string of the molecule is CCCCn1c(SCC(=O)Nc2cccc(OC)c2)nnc1[C@@H](CC)N(C)C. The van der Waals surface area contributed by atoms with E-state index >= 15 is 0 Å². The van der Waals surface area contributed by atoms with E-state index in [1.165, 1.54) is 11.8 Å². The second-order valence-electron chi connectivity index (χ2n) is 6.80. The summed E-state index contributed by atoms with van der Waals surface area (Å²) in [5.41, 5.74) is 0.719. The van der Waals surface area contributed by atoms with Crippen LogP contribution < -0.4 is 10.1 Å². The van der Waals surface area contributed by atoms with Crippen LogP contribution in [0.25, 0.3) is 0 Å². The van der Waals surface area contributed by atoms with Gasteiger partial charge in [-0.25, -0.2) is 0 Å². The van der Waals surface area contributed by atoms with Crippen molar-refractivity contribution < 1.29 is 9.53 Å². The quantitative estimate of drug-likeness (QED) is 0.573. The Morgan fingerprint density at radius 3 is 2.75 bits per heavy atom. The van der Waals surface area contributed by atoms with Crippen LogP contribution in [0.2, 0.25) is 0 Å². The molecule has 1 aromatic heterocycles. The Labute approximate surface area is 171 Å². The van der Waals surface area contributed by atoms with Crippen LogP contribution in [-0.2, 0) is 11.3 Å². The molecular formula is C20H31N5O2S. The third kappa shape index (κ3) is 5.97. The van der Waals surface area contributed by atoms with Crippen molar-refractivity contribution in [2.45, 2.75) is 50.9 Å². The number of nitrogens with zero attached hydrogens (tertiary/aromatic N) is 4. The van der Waals surface area contributed by atoms with Crippen LogP contribution in [0, 0.1) is 0 Å². The third-order valence-electron chi connectivity index (χ3n) is 4.47. The normalized spacial score (nSPS) is 12.2. The fourth-order valence-electron chi connectivity index (χ4n) is 2.99. The number of hydrogen-bond donors (Lipinski definition) is 1. The van der Waals surface area contributed by atoms with Crippen LogP contribution in [0.15, 0.2) is 29.4 Å². The van der Waals surface area contributed by atoms with Gasteiger partial charge in [0.15, 0.2) is 11.0 Å². The first-order valence-corrected chi connectivity index (χ1v) is 10.6. The van der Waals surface area contributed by atoms with E-state index in [0.29, 0.717) is 5.75 Å². The zero-order valence-electron chi connectivity index (χ0n) is 17.4. The number of carbonyl (C=O) groups excluding carboxylic acids is 1. The summed E-state index contributed by atoms with van der Waals surface area (Å²) < 4.78 is 7.36. The zero-order chi connectivity index (χ0) is 20.5. The summed E-state index contributed by atoms with van der Waals surface area (Å²) in [5.74, 6) is 1.88. The monoisotopic (exact) mass is 405 g/mol. The van der Waals surface area contributed by atoms with E-state index in [9.17, 15) is 4.79 Å². The molecule has 2 rings (SSSR count). The molecule has 1 aromatic carbocycles. The second kappa shape index (κ2) is 11.1. The Morgan fingerprint density at radius 1 is 1.32 bits per heavy atom. The molecule has 0 aliphatic rings. The summed E-state index contributed by atoms with van der Waals surface area (Å²) >= 11 is 1.42. The Bertz CT molecular complexity index is 763. The number of ether oxygens (including phenoxy) is 1. The van der Waals surface area contributed by atoms with E-state index in [1.54, 1.807) is 13.2 Å². The van der Waals surface area contributed by atoms with E-state index in [1.807, 2.05) is 18.2 Å². The number of thioether (sulfide) groups is 1. The maximum atomic E-state index is 12.4. The van der Waals surface area contributed by atoms with Crippen molar-refractivity contribution in [1.82, 2.24) is 19.7 Å². The number of benzene rings is 1. The van der Waals surface area contributed by atoms with Crippen LogP contribution in [0.1, 0.15) is 45.0 Å². The molecule has 1 N–H and O–H groups in total. The highest BCUT2D eigenvalue weighted by Gasteiger charge is 2.22. The molecule has 0 saturated carbocycles. The predicted molar refractivity (Wildman–Crippen MR) is 114 cm³/mol. The number of hydrogen-bond acceptors (Lipinski definition) is 6. The van der Waals surface area contributed by atoms with E-state index in [0.717, 1.165) is 42.5 Å². The lowest BCUT2D eigenvalue weighted by molar-refractivity contribution is -0.113. The molecule has 0 saturated heterocycles. The smallest absolute Gasteiger partial charge is 0.234 e. The summed E-state index contributed by atoms with van der Waals surface area (Å²) in [7, 11) is 5.72. The largest absolute Gasteiger partial charge is 0.497 e. The highest BCUT2D eigenvalue weighted by molar-refractivity contribution is 7.99. The molecule has 28 heavy (non-hydrogen) atoms. The lowest BCUT2D eigenvalue weighted by Crippen LogP contribution is -2.23. The van der Waals surface area contributed by atoms with E-state index in [4.69, 9.17) is 4.74 Å². The van der Waals surface area contributed by atoms with Crippen LogP contribution in [0.3, 0.4) is 0 Å². The number of aromatic nitrogens is 3. The minimum Gasteiger partial charge on any atom is -0.497 e. The van der Waals surface area contributed by atoms with Gasteiger partial charge >= 0.3 is 0 Å². The van der Waals surface area contributed by atoms with Crippen molar-refractivity contribution in [2.24, 2.45) is 0 Å². The van der Waals surface area contributed by atoms with Crippen LogP contribution in [0.5, 0.6) is 5.75 Å². The van der Waals surface area contributed by atoms with Crippen molar-refractivity contribution in [3.63, 3.8) is 0 Å². The van der Waals surface area contributed by atoms with Gasteiger partial charge in [-0.15, -0.1) is 10.2 Å². The molecule has 1 amide bonds. The minimum atomic E-state index is -0.0792. The van der Waals surface area contributed by atoms with Crippen molar-refractivity contribution in [3.05, 3.63) is 30.1 Å². The molecule has 0 unspecified atom stereocenters. The van der Waals surface area contributed by atoms with Gasteiger partial charge < -0.3 is 14.6 Å². The lowest BCUT2D eigenvalue weighted by atomic mass is 10.2. The molecule has 8 heteroatoms. The molecule has 154 valence electrons. The highest BCUT2D eigenvalue weighted by Crippen LogP contribution is 2.26. The van der Waals surface area contributed by atoms with Crippen LogP contribution in [0.4, 0.5) is 5.69 Å². The maximum absolute atomic E-state index is 12.4. The fourth-order valence-corrected chi connectivity index (χ4v) is 3.76. The molecule has 2 aromatic rings. The van der Waals surface area contributed by atoms with E-state index in [-0.39, 0.29) is 17.7 Å². The van der Waals surface area contributed by atoms with Gasteiger partial charge in [0.05, 0.1) is 18.9 Å². The molecule has 1 atom stereocenters. The standard InChI is InChI=1S/C20H31N5O2S/c1-6-8-12-25-19(17(7-2)24(3)4)22-23-20(25)28-14-18(26)21-15-10-9-11-16(13-15)27-5/h9-11,13,17H,6-8,12,14H2,1-5H3,(H,21,26)/t17-/m1/s1. The van der Waals surface area contributed by atoms with Gasteiger partial charge in [-0.3, -0.25) is 9.69 Å². The summed E-state index contributed by atoms with van der Waals surface area (Å²) in [5, 5.41) is 12.5. The zero-order valence-corrected chi connectivity index (χ0v) is 18.3. The first-order valence-electron chi connectivity index (χ1n) is 9.66. The number of rotatable bonds is 11. The van der Waals surface area contributed by atoms with Gasteiger partial charge in [0.25, 0.3) is 0 Å². The van der Waals surface area contributed by atoms with Crippen LogP contribution >= 0.6 is 11.8 Å². The number of nitrogens with one attached hydrogen (secondary N) is 1. The average Bonchev–Trinajstić information content (AvgIpc) is 3.07. The van der Waals surface area contributed by atoms with Gasteiger partial charge in [-0.05, 0) is 39.1 Å². The van der Waals surface area contributed by atoms with E-state index in [2.05, 4.69) is 52.9 Å². The second-order valence-corrected chi connectivity index (χ2v) is 7.74. The van der Waals surface area contributed by atoms with Crippen molar-refractivity contribution in [1.29, 1.82) is 0 Å². The molecule has 0 aliphatic heterocycles. The molecule has 0 fully saturated rings. The van der Waals surface area contributed by atoms with Gasteiger partial charge in [0, 0.05) is 18.3 Å². The van der Waals surface area contributed by atoms with Crippen LogP contribution in [-0.4, -0.2) is 52.5 Å². The van der Waals surface area contributed by atoms with Gasteiger partial charge in [0.2, 0.25) is 5.91 Å². The topological polar surface area (TPSA) is 72.3 Å². The summed E-state index contributed by atoms with van der Waals surface area (Å²) in [6.07, 6.45) is 3.10. The van der Waals surface area contributed by atoms with Gasteiger partial charge in [-0.1, -0.05) is 38.1 Å². The lowest BCUT2D eigenvalue weighted by Gasteiger charge is -2.23. The van der Waals surface area contributed by atoms with Crippen molar-refractivity contribution >= 4 is 23.4 Å². The number of anilines is 1. The Hall–Kier alpha value is -2.06. The Balaban J connectivity index is 2.07. The molecular weight excluding hydrogens is 374 g/mol. The maximum Gasteiger partial charge on any atom is 0.234 e. The number of amides is 1. The molecule has 0 bridgehead atoms. The van der Waals surface area contributed by atoms with Gasteiger partial charge in [-0.2, -0.15) is 0 Å². The van der Waals surface area contributed by atoms with Gasteiger partial charge in [0.1, 0.15) is 5.75 Å². The number of unbranched alkanes of at least 4 members (excludes halogenated alkanes) is 1. The summed E-state index contributed by atoms with van der Waals surface area (Å²) in [4.78, 5) is 14.5. The highest BCUT2D eigenvalue weighted by atomic mass is 32.2. The first-order chi connectivity index (χ1) is 13.5.